The van der Waals surface area contributed by atoms with E-state index >= 15 is 0 Å². The lowest BCUT2D eigenvalue weighted by Crippen LogP contribution is -2.11. The minimum absolute atomic E-state index is 0.176. The van der Waals surface area contributed by atoms with E-state index in [9.17, 15) is 4.79 Å². The van der Waals surface area contributed by atoms with Gasteiger partial charge in [0.05, 0.1) is 18.0 Å². The van der Waals surface area contributed by atoms with Gasteiger partial charge in [-0.3, -0.25) is 10.1 Å². The number of rotatable bonds is 4. The number of ether oxygens (including phenoxy) is 1. The molecule has 4 aromatic rings. The van der Waals surface area contributed by atoms with Crippen molar-refractivity contribution in [2.24, 2.45) is 0 Å². The summed E-state index contributed by atoms with van der Waals surface area (Å²) in [7, 11) is 0. The van der Waals surface area contributed by atoms with E-state index < -0.39 is 0 Å². The van der Waals surface area contributed by atoms with Crippen LogP contribution < -0.4 is 10.1 Å². The lowest BCUT2D eigenvalue weighted by Gasteiger charge is -2.02. The molecule has 1 aliphatic heterocycles. The van der Waals surface area contributed by atoms with Gasteiger partial charge in [-0.25, -0.2) is 9.97 Å². The zero-order chi connectivity index (χ0) is 19.8. The van der Waals surface area contributed by atoms with E-state index in [0.717, 1.165) is 46.3 Å². The van der Waals surface area contributed by atoms with Crippen molar-refractivity contribution >= 4 is 33.7 Å². The molecule has 0 saturated heterocycles. The number of carbonyl (C=O) groups excluding carboxylic acids is 1. The molecule has 0 atom stereocenters. The maximum Gasteiger partial charge on any atom is 0.269 e. The molecule has 1 amide bonds. The number of hydrogen-bond acceptors (Lipinski definition) is 6. The van der Waals surface area contributed by atoms with Crippen molar-refractivity contribution in [3.8, 4) is 27.6 Å². The molecule has 0 bridgehead atoms. The summed E-state index contributed by atoms with van der Waals surface area (Å²) in [6, 6.07) is 16.0. The van der Waals surface area contributed by atoms with Crippen LogP contribution in [0.5, 0.6) is 5.75 Å². The number of hydrogen-bond donors (Lipinski definition) is 1. The fraction of sp³-hybridized carbons (Fsp3) is 0.136. The van der Waals surface area contributed by atoms with Gasteiger partial charge in [0.1, 0.15) is 15.6 Å². The molecular weight excluding hydrogens is 402 g/mol. The van der Waals surface area contributed by atoms with Crippen molar-refractivity contribution in [1.82, 2.24) is 9.97 Å². The zero-order valence-corrected chi connectivity index (χ0v) is 17.3. The molecule has 0 fully saturated rings. The van der Waals surface area contributed by atoms with Crippen LogP contribution in [-0.4, -0.2) is 22.5 Å². The van der Waals surface area contributed by atoms with Crippen molar-refractivity contribution < 1.29 is 9.53 Å². The van der Waals surface area contributed by atoms with Crippen molar-refractivity contribution in [2.45, 2.75) is 13.3 Å². The third-order valence-electron chi connectivity index (χ3n) is 4.73. The first-order valence-electron chi connectivity index (χ1n) is 9.23. The summed E-state index contributed by atoms with van der Waals surface area (Å²) in [5, 5.41) is 6.30. The van der Waals surface area contributed by atoms with Gasteiger partial charge in [0.15, 0.2) is 5.13 Å². The normalized spacial score (nSPS) is 12.4. The molecule has 1 aliphatic rings. The minimum Gasteiger partial charge on any atom is -0.493 e. The van der Waals surface area contributed by atoms with Gasteiger partial charge in [0, 0.05) is 22.9 Å². The molecule has 2 aromatic carbocycles. The van der Waals surface area contributed by atoms with Crippen LogP contribution in [0.2, 0.25) is 0 Å². The molecule has 29 heavy (non-hydrogen) atoms. The first-order valence-corrected chi connectivity index (χ1v) is 10.9. The number of aryl methyl sites for hydroxylation is 1. The fourth-order valence-corrected chi connectivity index (χ4v) is 4.96. The summed E-state index contributed by atoms with van der Waals surface area (Å²) in [6.07, 6.45) is 0.922. The number of aromatic nitrogens is 2. The lowest BCUT2D eigenvalue weighted by atomic mass is 10.1. The van der Waals surface area contributed by atoms with Crippen LogP contribution in [0, 0.1) is 6.92 Å². The van der Waals surface area contributed by atoms with Crippen molar-refractivity contribution in [1.29, 1.82) is 0 Å². The first kappa shape index (κ1) is 18.0. The molecule has 3 heterocycles. The number of carbonyl (C=O) groups is 1. The van der Waals surface area contributed by atoms with Crippen LogP contribution in [0.25, 0.3) is 21.8 Å². The van der Waals surface area contributed by atoms with E-state index in [4.69, 9.17) is 4.74 Å². The largest absolute Gasteiger partial charge is 0.493 e. The van der Waals surface area contributed by atoms with Crippen LogP contribution >= 0.6 is 22.7 Å². The number of fused-ring (bicyclic) bond motifs is 1. The fourth-order valence-electron chi connectivity index (χ4n) is 3.27. The Morgan fingerprint density at radius 1 is 1.10 bits per heavy atom. The molecule has 2 aromatic heterocycles. The van der Waals surface area contributed by atoms with E-state index in [-0.39, 0.29) is 5.91 Å². The van der Waals surface area contributed by atoms with Gasteiger partial charge in [-0.1, -0.05) is 30.3 Å². The van der Waals surface area contributed by atoms with Crippen molar-refractivity contribution in [2.75, 3.05) is 11.9 Å². The van der Waals surface area contributed by atoms with Gasteiger partial charge in [0.2, 0.25) is 0 Å². The van der Waals surface area contributed by atoms with Gasteiger partial charge in [0.25, 0.3) is 5.91 Å². The van der Waals surface area contributed by atoms with E-state index in [2.05, 4.69) is 21.4 Å². The molecule has 5 rings (SSSR count). The van der Waals surface area contributed by atoms with Gasteiger partial charge < -0.3 is 4.74 Å². The molecule has 0 radical (unpaired) electrons. The highest BCUT2D eigenvalue weighted by Crippen LogP contribution is 2.33. The maximum atomic E-state index is 12.8. The second-order valence-corrected chi connectivity index (χ2v) is 8.57. The highest BCUT2D eigenvalue weighted by atomic mass is 32.1. The topological polar surface area (TPSA) is 64.1 Å². The highest BCUT2D eigenvalue weighted by molar-refractivity contribution is 7.17. The van der Waals surface area contributed by atoms with Crippen molar-refractivity contribution in [3.05, 3.63) is 70.0 Å². The average molecular weight is 420 g/mol. The third-order valence-corrected chi connectivity index (χ3v) is 6.70. The molecule has 0 aliphatic carbocycles. The Kier molecular flexibility index (Phi) is 4.61. The molecule has 0 unspecified atom stereocenters. The molecule has 0 saturated carbocycles. The molecule has 7 heteroatoms. The lowest BCUT2D eigenvalue weighted by molar-refractivity contribution is 0.103. The van der Waals surface area contributed by atoms with Crippen LogP contribution in [0.15, 0.2) is 53.9 Å². The van der Waals surface area contributed by atoms with Crippen molar-refractivity contribution in [3.63, 3.8) is 0 Å². The maximum absolute atomic E-state index is 12.8. The number of benzene rings is 2. The Bertz CT molecular complexity index is 1200. The summed E-state index contributed by atoms with van der Waals surface area (Å²) in [5.74, 6) is 0.776. The molecule has 0 spiro atoms. The van der Waals surface area contributed by atoms with Gasteiger partial charge in [-0.05, 0) is 30.7 Å². The smallest absolute Gasteiger partial charge is 0.269 e. The molecule has 144 valence electrons. The predicted octanol–water partition coefficient (Wildman–Crippen LogP) is 5.43. The monoisotopic (exact) mass is 419 g/mol. The quantitative estimate of drug-likeness (QED) is 0.479. The van der Waals surface area contributed by atoms with E-state index in [1.807, 2.05) is 54.8 Å². The van der Waals surface area contributed by atoms with Gasteiger partial charge >= 0.3 is 0 Å². The summed E-state index contributed by atoms with van der Waals surface area (Å²) < 4.78 is 5.56. The average Bonchev–Trinajstić information content (AvgIpc) is 3.47. The zero-order valence-electron chi connectivity index (χ0n) is 15.6. The predicted molar refractivity (Wildman–Crippen MR) is 117 cm³/mol. The number of thiazole rings is 2. The number of anilines is 1. The van der Waals surface area contributed by atoms with Crippen LogP contribution in [0.4, 0.5) is 5.13 Å². The number of nitrogens with zero attached hydrogens (tertiary/aromatic N) is 2. The van der Waals surface area contributed by atoms with E-state index in [1.54, 1.807) is 0 Å². The summed E-state index contributed by atoms with van der Waals surface area (Å²) in [5.41, 5.74) is 4.82. The van der Waals surface area contributed by atoms with Gasteiger partial charge in [-0.15, -0.1) is 22.7 Å². The number of nitrogens with one attached hydrogen (secondary N) is 1. The molecular formula is C22H17N3O2S2. The van der Waals surface area contributed by atoms with Gasteiger partial charge in [-0.2, -0.15) is 0 Å². The number of amides is 1. The second kappa shape index (κ2) is 7.42. The Labute approximate surface area is 176 Å². The Morgan fingerprint density at radius 3 is 2.83 bits per heavy atom. The molecule has 5 nitrogen and oxygen atoms in total. The highest BCUT2D eigenvalue weighted by Gasteiger charge is 2.18. The third kappa shape index (κ3) is 3.54. The van der Waals surface area contributed by atoms with Crippen LogP contribution in [0.1, 0.15) is 20.9 Å². The standard InChI is InChI=1S/C22H17N3O2S2/c1-13-19(29-21(23-13)14-5-3-2-4-6-14)20(26)25-22-24-17(12-28-22)15-7-8-18-16(11-15)9-10-27-18/h2-8,11-12H,9-10H2,1H3,(H,24,25,26). The summed E-state index contributed by atoms with van der Waals surface area (Å²) >= 11 is 2.82. The van der Waals surface area contributed by atoms with E-state index in [1.165, 1.54) is 28.2 Å². The second-order valence-electron chi connectivity index (χ2n) is 6.71. The van der Waals surface area contributed by atoms with Crippen LogP contribution in [-0.2, 0) is 6.42 Å². The summed E-state index contributed by atoms with van der Waals surface area (Å²) in [6.45, 7) is 2.59. The minimum atomic E-state index is -0.176. The Balaban J connectivity index is 1.35. The van der Waals surface area contributed by atoms with E-state index in [0.29, 0.717) is 10.0 Å². The Hall–Kier alpha value is -3.03. The van der Waals surface area contributed by atoms with Crippen LogP contribution in [0.3, 0.4) is 0 Å². The SMILES string of the molecule is Cc1nc(-c2ccccc2)sc1C(=O)Nc1nc(-c2ccc3c(c2)CCO3)cs1. The Morgan fingerprint density at radius 2 is 1.97 bits per heavy atom. The summed E-state index contributed by atoms with van der Waals surface area (Å²) in [4.78, 5) is 22.5. The first-order chi connectivity index (χ1) is 14.2. The molecule has 1 N–H and O–H groups in total.